The number of aromatic hydroxyl groups is 2. The average Bonchev–Trinajstić information content (AvgIpc) is 2.28. The normalized spacial score (nSPS) is 13.1. The third kappa shape index (κ3) is 3.55. The lowest BCUT2D eigenvalue weighted by Gasteiger charge is -2.13. The molecule has 0 saturated carbocycles. The van der Waals surface area contributed by atoms with Crippen LogP contribution in [-0.4, -0.2) is 33.2 Å². The Balaban J connectivity index is 2.71. The number of oxime groups is 1. The van der Waals surface area contributed by atoms with Crippen molar-refractivity contribution in [3.8, 4) is 11.5 Å². The Morgan fingerprint density at radius 1 is 1.50 bits per heavy atom. The standard InChI is InChI=1S/C11H15N3O4/c1-6(4-10(12)14-18)13-11(17)8-3-2-7(15)5-9(8)16/h2-3,5-6,15-16,18H,4H2,1H3,(H2,12,14)(H,13,17). The first kappa shape index (κ1) is 13.6. The molecular formula is C11H15N3O4. The summed E-state index contributed by atoms with van der Waals surface area (Å²) in [4.78, 5) is 11.8. The molecule has 98 valence electrons. The molecule has 1 atom stereocenters. The molecule has 0 aliphatic carbocycles. The number of phenolic OH excluding ortho intramolecular Hbond substituents is 2. The maximum atomic E-state index is 11.8. The lowest BCUT2D eigenvalue weighted by atomic mass is 10.1. The summed E-state index contributed by atoms with van der Waals surface area (Å²) in [5.74, 6) is -0.958. The van der Waals surface area contributed by atoms with Gasteiger partial charge in [-0.15, -0.1) is 0 Å². The van der Waals surface area contributed by atoms with Crippen LogP contribution in [0.25, 0.3) is 0 Å². The second-order valence-corrected chi connectivity index (χ2v) is 3.87. The van der Waals surface area contributed by atoms with E-state index in [0.29, 0.717) is 0 Å². The molecule has 0 spiro atoms. The van der Waals surface area contributed by atoms with Crippen molar-refractivity contribution in [1.82, 2.24) is 5.32 Å². The summed E-state index contributed by atoms with van der Waals surface area (Å²) in [7, 11) is 0. The van der Waals surface area contributed by atoms with Crippen LogP contribution < -0.4 is 11.1 Å². The molecule has 0 aliphatic rings. The zero-order valence-electron chi connectivity index (χ0n) is 9.79. The summed E-state index contributed by atoms with van der Waals surface area (Å²) in [6.07, 6.45) is 0.182. The van der Waals surface area contributed by atoms with Gasteiger partial charge >= 0.3 is 0 Å². The van der Waals surface area contributed by atoms with E-state index >= 15 is 0 Å². The Morgan fingerprint density at radius 2 is 2.17 bits per heavy atom. The highest BCUT2D eigenvalue weighted by Crippen LogP contribution is 2.22. The number of benzene rings is 1. The molecule has 7 heteroatoms. The average molecular weight is 253 g/mol. The van der Waals surface area contributed by atoms with Crippen LogP contribution in [0.1, 0.15) is 23.7 Å². The number of nitrogens with one attached hydrogen (secondary N) is 1. The zero-order valence-corrected chi connectivity index (χ0v) is 9.79. The number of rotatable bonds is 4. The molecule has 0 aromatic heterocycles. The summed E-state index contributed by atoms with van der Waals surface area (Å²) in [6, 6.07) is 3.31. The van der Waals surface area contributed by atoms with Crippen LogP contribution in [0.4, 0.5) is 0 Å². The second-order valence-electron chi connectivity index (χ2n) is 3.87. The highest BCUT2D eigenvalue weighted by molar-refractivity contribution is 5.97. The van der Waals surface area contributed by atoms with Crippen molar-refractivity contribution in [3.63, 3.8) is 0 Å². The van der Waals surface area contributed by atoms with E-state index in [1.165, 1.54) is 12.1 Å². The van der Waals surface area contributed by atoms with Crippen molar-refractivity contribution in [2.45, 2.75) is 19.4 Å². The number of hydrogen-bond donors (Lipinski definition) is 5. The van der Waals surface area contributed by atoms with Crippen LogP contribution in [0.3, 0.4) is 0 Å². The molecule has 18 heavy (non-hydrogen) atoms. The Hall–Kier alpha value is -2.44. The maximum Gasteiger partial charge on any atom is 0.255 e. The molecule has 0 heterocycles. The highest BCUT2D eigenvalue weighted by atomic mass is 16.4. The minimum absolute atomic E-state index is 0.00210. The van der Waals surface area contributed by atoms with Gasteiger partial charge in [0.15, 0.2) is 0 Å². The number of hydrogen-bond acceptors (Lipinski definition) is 5. The number of amidine groups is 1. The quantitative estimate of drug-likeness (QED) is 0.229. The van der Waals surface area contributed by atoms with E-state index in [9.17, 15) is 9.90 Å². The molecule has 0 fully saturated rings. The third-order valence-corrected chi connectivity index (χ3v) is 2.25. The Bertz CT molecular complexity index is 473. The number of nitrogens with zero attached hydrogens (tertiary/aromatic N) is 1. The number of phenols is 2. The molecule has 1 amide bonds. The van der Waals surface area contributed by atoms with Crippen molar-refractivity contribution in [2.75, 3.05) is 0 Å². The van der Waals surface area contributed by atoms with E-state index in [1.807, 2.05) is 0 Å². The van der Waals surface area contributed by atoms with Crippen molar-refractivity contribution >= 4 is 11.7 Å². The largest absolute Gasteiger partial charge is 0.508 e. The molecule has 0 bridgehead atoms. The second kappa shape index (κ2) is 5.76. The van der Waals surface area contributed by atoms with Gasteiger partial charge in [0.05, 0.1) is 5.56 Å². The number of carbonyl (C=O) groups is 1. The molecule has 6 N–H and O–H groups in total. The number of carbonyl (C=O) groups excluding carboxylic acids is 1. The summed E-state index contributed by atoms with van der Waals surface area (Å²) in [5.41, 5.74) is 5.35. The molecule has 1 aromatic rings. The van der Waals surface area contributed by atoms with E-state index in [4.69, 9.17) is 16.0 Å². The smallest absolute Gasteiger partial charge is 0.255 e. The molecule has 1 aromatic carbocycles. The van der Waals surface area contributed by atoms with Crippen LogP contribution in [0.2, 0.25) is 0 Å². The molecule has 1 rings (SSSR count). The van der Waals surface area contributed by atoms with Crippen LogP contribution in [0.15, 0.2) is 23.4 Å². The van der Waals surface area contributed by atoms with Gasteiger partial charge in [0.1, 0.15) is 17.3 Å². The first-order valence-electron chi connectivity index (χ1n) is 5.23. The first-order chi connectivity index (χ1) is 8.43. The maximum absolute atomic E-state index is 11.8. The molecule has 1 unspecified atom stereocenters. The van der Waals surface area contributed by atoms with Crippen LogP contribution in [-0.2, 0) is 0 Å². The SMILES string of the molecule is CC(C/C(N)=N/O)NC(=O)c1ccc(O)cc1O. The molecular weight excluding hydrogens is 238 g/mol. The van der Waals surface area contributed by atoms with E-state index in [0.717, 1.165) is 6.07 Å². The summed E-state index contributed by atoms with van der Waals surface area (Å²) >= 11 is 0. The fourth-order valence-electron chi connectivity index (χ4n) is 1.42. The minimum atomic E-state index is -0.509. The number of nitrogens with two attached hydrogens (primary N) is 1. The zero-order chi connectivity index (χ0) is 13.7. The van der Waals surface area contributed by atoms with Crippen molar-refractivity contribution < 1.29 is 20.2 Å². The predicted molar refractivity (Wildman–Crippen MR) is 64.7 cm³/mol. The first-order valence-corrected chi connectivity index (χ1v) is 5.23. The monoisotopic (exact) mass is 253 g/mol. The van der Waals surface area contributed by atoms with Crippen LogP contribution in [0, 0.1) is 0 Å². The van der Waals surface area contributed by atoms with Gasteiger partial charge in [-0.1, -0.05) is 5.16 Å². The fourth-order valence-corrected chi connectivity index (χ4v) is 1.42. The van der Waals surface area contributed by atoms with Gasteiger partial charge in [-0.05, 0) is 19.1 Å². The van der Waals surface area contributed by atoms with Crippen LogP contribution >= 0.6 is 0 Å². The van der Waals surface area contributed by atoms with E-state index in [-0.39, 0.29) is 35.4 Å². The van der Waals surface area contributed by atoms with Crippen molar-refractivity contribution in [3.05, 3.63) is 23.8 Å². The molecule has 0 aliphatic heterocycles. The van der Waals surface area contributed by atoms with Gasteiger partial charge in [0.2, 0.25) is 0 Å². The van der Waals surface area contributed by atoms with Crippen molar-refractivity contribution in [1.29, 1.82) is 0 Å². The molecule has 7 nitrogen and oxygen atoms in total. The molecule has 0 saturated heterocycles. The van der Waals surface area contributed by atoms with Gasteiger partial charge in [-0.25, -0.2) is 0 Å². The van der Waals surface area contributed by atoms with E-state index in [2.05, 4.69) is 10.5 Å². The highest BCUT2D eigenvalue weighted by Gasteiger charge is 2.14. The van der Waals surface area contributed by atoms with Crippen LogP contribution in [0.5, 0.6) is 11.5 Å². The van der Waals surface area contributed by atoms with Gasteiger partial charge in [-0.3, -0.25) is 4.79 Å². The Kier molecular flexibility index (Phi) is 4.36. The number of amides is 1. The fraction of sp³-hybridized carbons (Fsp3) is 0.273. The lowest BCUT2D eigenvalue weighted by molar-refractivity contribution is 0.0938. The summed E-state index contributed by atoms with van der Waals surface area (Å²) in [5, 5.41) is 32.4. The topological polar surface area (TPSA) is 128 Å². The molecule has 0 radical (unpaired) electrons. The Morgan fingerprint density at radius 3 is 2.72 bits per heavy atom. The third-order valence-electron chi connectivity index (χ3n) is 2.25. The van der Waals surface area contributed by atoms with E-state index in [1.54, 1.807) is 6.92 Å². The predicted octanol–water partition coefficient (Wildman–Crippen LogP) is 0.353. The van der Waals surface area contributed by atoms with Gasteiger partial charge in [0, 0.05) is 18.5 Å². The van der Waals surface area contributed by atoms with Gasteiger partial charge < -0.3 is 26.5 Å². The summed E-state index contributed by atoms with van der Waals surface area (Å²) in [6.45, 7) is 1.67. The lowest BCUT2D eigenvalue weighted by Crippen LogP contribution is -2.35. The van der Waals surface area contributed by atoms with E-state index < -0.39 is 5.91 Å². The van der Waals surface area contributed by atoms with Gasteiger partial charge in [0.25, 0.3) is 5.91 Å². The van der Waals surface area contributed by atoms with Crippen molar-refractivity contribution in [2.24, 2.45) is 10.9 Å². The summed E-state index contributed by atoms with van der Waals surface area (Å²) < 4.78 is 0. The van der Waals surface area contributed by atoms with Gasteiger partial charge in [-0.2, -0.15) is 0 Å². The Labute approximate surface area is 104 Å². The minimum Gasteiger partial charge on any atom is -0.508 e.